The molecule has 122 valence electrons. The Morgan fingerprint density at radius 3 is 2.48 bits per heavy atom. The minimum Gasteiger partial charge on any atom is -0.329 e. The minimum absolute atomic E-state index is 0.287. The van der Waals surface area contributed by atoms with Crippen molar-refractivity contribution in [3.63, 3.8) is 0 Å². The maximum absolute atomic E-state index is 6.28. The fourth-order valence-electron chi connectivity index (χ4n) is 4.69. The van der Waals surface area contributed by atoms with Gasteiger partial charge in [0, 0.05) is 56.9 Å². The fourth-order valence-corrected chi connectivity index (χ4v) is 4.69. The van der Waals surface area contributed by atoms with Crippen molar-refractivity contribution in [1.82, 2.24) is 14.7 Å². The molecule has 0 saturated carbocycles. The van der Waals surface area contributed by atoms with E-state index in [2.05, 4.69) is 28.5 Å². The van der Waals surface area contributed by atoms with Crippen LogP contribution in [0.4, 0.5) is 0 Å². The van der Waals surface area contributed by atoms with Gasteiger partial charge in [-0.05, 0) is 46.1 Å². The first-order chi connectivity index (χ1) is 10.1. The molecule has 3 aliphatic rings. The number of likely N-dealkylation sites (tertiary alicyclic amines) is 1. The molecule has 3 aliphatic heterocycles. The summed E-state index contributed by atoms with van der Waals surface area (Å²) in [4.78, 5) is 8.12. The second-order valence-electron chi connectivity index (χ2n) is 7.69. The lowest BCUT2D eigenvalue weighted by atomic mass is 9.83. The molecule has 4 nitrogen and oxygen atoms in total. The highest BCUT2D eigenvalue weighted by Gasteiger charge is 2.42. The number of piperidine rings is 2. The SMILES string of the molecule is CC(C)N1CCC(CN)(N2CCN3CCCCC3C2)CC1. The van der Waals surface area contributed by atoms with Gasteiger partial charge in [0.2, 0.25) is 0 Å². The molecule has 4 heteroatoms. The molecule has 0 aromatic heterocycles. The standard InChI is InChI=1S/C17H34N4/c1-15(2)19-9-6-17(14-18,7-10-19)21-12-11-20-8-4-3-5-16(20)13-21/h15-16H,3-14,18H2,1-2H3. The molecule has 0 aromatic rings. The quantitative estimate of drug-likeness (QED) is 0.852. The van der Waals surface area contributed by atoms with Crippen molar-refractivity contribution in [2.75, 3.05) is 45.8 Å². The molecule has 3 saturated heterocycles. The highest BCUT2D eigenvalue weighted by Crippen LogP contribution is 2.32. The number of hydrogen-bond acceptors (Lipinski definition) is 4. The molecule has 0 radical (unpaired) electrons. The van der Waals surface area contributed by atoms with Crippen LogP contribution in [-0.4, -0.2) is 78.1 Å². The average Bonchev–Trinajstić information content (AvgIpc) is 2.54. The second-order valence-corrected chi connectivity index (χ2v) is 7.69. The van der Waals surface area contributed by atoms with E-state index >= 15 is 0 Å². The molecule has 0 aromatic carbocycles. The first-order valence-electron chi connectivity index (χ1n) is 9.08. The van der Waals surface area contributed by atoms with E-state index in [-0.39, 0.29) is 5.54 Å². The number of hydrogen-bond donors (Lipinski definition) is 1. The Morgan fingerprint density at radius 1 is 1.05 bits per heavy atom. The molecule has 3 heterocycles. The third kappa shape index (κ3) is 3.14. The van der Waals surface area contributed by atoms with Crippen LogP contribution in [0.1, 0.15) is 46.0 Å². The van der Waals surface area contributed by atoms with Crippen LogP contribution in [-0.2, 0) is 0 Å². The molecule has 3 fully saturated rings. The van der Waals surface area contributed by atoms with E-state index in [1.54, 1.807) is 0 Å². The van der Waals surface area contributed by atoms with Crippen molar-refractivity contribution in [2.45, 2.75) is 63.6 Å². The van der Waals surface area contributed by atoms with Gasteiger partial charge in [-0.1, -0.05) is 6.42 Å². The Bertz CT molecular complexity index is 336. The first-order valence-corrected chi connectivity index (χ1v) is 9.08. The predicted molar refractivity (Wildman–Crippen MR) is 88.5 cm³/mol. The summed E-state index contributed by atoms with van der Waals surface area (Å²) in [6, 6.07) is 1.48. The third-order valence-electron chi connectivity index (χ3n) is 6.35. The van der Waals surface area contributed by atoms with Gasteiger partial charge >= 0.3 is 0 Å². The summed E-state index contributed by atoms with van der Waals surface area (Å²) in [5, 5.41) is 0. The zero-order valence-corrected chi connectivity index (χ0v) is 14.1. The van der Waals surface area contributed by atoms with E-state index in [1.165, 1.54) is 71.4 Å². The molecule has 1 unspecified atom stereocenters. The van der Waals surface area contributed by atoms with Gasteiger partial charge in [-0.2, -0.15) is 0 Å². The topological polar surface area (TPSA) is 35.7 Å². The van der Waals surface area contributed by atoms with Gasteiger partial charge in [0.05, 0.1) is 0 Å². The lowest BCUT2D eigenvalue weighted by Crippen LogP contribution is -2.66. The summed E-state index contributed by atoms with van der Waals surface area (Å²) >= 11 is 0. The van der Waals surface area contributed by atoms with Crippen LogP contribution in [0.15, 0.2) is 0 Å². The van der Waals surface area contributed by atoms with Crippen molar-refractivity contribution < 1.29 is 0 Å². The highest BCUT2D eigenvalue weighted by atomic mass is 15.3. The van der Waals surface area contributed by atoms with Gasteiger partial charge in [-0.15, -0.1) is 0 Å². The van der Waals surface area contributed by atoms with Gasteiger partial charge in [-0.25, -0.2) is 0 Å². The number of fused-ring (bicyclic) bond motifs is 1. The van der Waals surface area contributed by atoms with E-state index in [4.69, 9.17) is 5.73 Å². The lowest BCUT2D eigenvalue weighted by molar-refractivity contribution is -0.0405. The van der Waals surface area contributed by atoms with Crippen molar-refractivity contribution in [1.29, 1.82) is 0 Å². The van der Waals surface area contributed by atoms with E-state index < -0.39 is 0 Å². The average molecular weight is 294 g/mol. The monoisotopic (exact) mass is 294 g/mol. The largest absolute Gasteiger partial charge is 0.329 e. The number of nitrogens with zero attached hydrogens (tertiary/aromatic N) is 3. The maximum atomic E-state index is 6.28. The van der Waals surface area contributed by atoms with Crippen LogP contribution in [0.5, 0.6) is 0 Å². The van der Waals surface area contributed by atoms with Gasteiger partial charge in [0.15, 0.2) is 0 Å². The van der Waals surface area contributed by atoms with Crippen LogP contribution >= 0.6 is 0 Å². The molecular formula is C17H34N4. The van der Waals surface area contributed by atoms with E-state index in [9.17, 15) is 0 Å². The summed E-state index contributed by atoms with van der Waals surface area (Å²) in [5.74, 6) is 0. The zero-order valence-electron chi connectivity index (χ0n) is 14.1. The second kappa shape index (κ2) is 6.53. The molecule has 0 spiro atoms. The summed E-state index contributed by atoms with van der Waals surface area (Å²) in [6.07, 6.45) is 6.74. The van der Waals surface area contributed by atoms with E-state index in [1.807, 2.05) is 0 Å². The van der Waals surface area contributed by atoms with Crippen molar-refractivity contribution >= 4 is 0 Å². The Kier molecular flexibility index (Phi) is 4.89. The Labute approximate surface area is 130 Å². The normalized spacial score (nSPS) is 32.3. The van der Waals surface area contributed by atoms with Crippen LogP contribution in [0.25, 0.3) is 0 Å². The van der Waals surface area contributed by atoms with Crippen LogP contribution in [0.2, 0.25) is 0 Å². The number of piperazine rings is 1. The summed E-state index contributed by atoms with van der Waals surface area (Å²) in [7, 11) is 0. The van der Waals surface area contributed by atoms with Gasteiger partial charge in [0.25, 0.3) is 0 Å². The molecule has 0 aliphatic carbocycles. The molecule has 1 atom stereocenters. The fraction of sp³-hybridized carbons (Fsp3) is 1.00. The highest BCUT2D eigenvalue weighted by molar-refractivity contribution is 5.00. The maximum Gasteiger partial charge on any atom is 0.0357 e. The van der Waals surface area contributed by atoms with Crippen LogP contribution < -0.4 is 5.73 Å². The Morgan fingerprint density at radius 2 is 1.81 bits per heavy atom. The van der Waals surface area contributed by atoms with Crippen molar-refractivity contribution in [3.8, 4) is 0 Å². The van der Waals surface area contributed by atoms with Gasteiger partial charge in [0.1, 0.15) is 0 Å². The molecule has 0 bridgehead atoms. The Balaban J connectivity index is 1.64. The Hall–Kier alpha value is -0.160. The summed E-state index contributed by atoms with van der Waals surface area (Å²) < 4.78 is 0. The van der Waals surface area contributed by atoms with Gasteiger partial charge in [-0.3, -0.25) is 9.80 Å². The first kappa shape index (κ1) is 15.7. The number of rotatable bonds is 3. The molecule has 0 amide bonds. The summed E-state index contributed by atoms with van der Waals surface area (Å²) in [5.41, 5.74) is 6.57. The molecule has 3 rings (SSSR count). The van der Waals surface area contributed by atoms with Crippen molar-refractivity contribution in [2.24, 2.45) is 5.73 Å². The van der Waals surface area contributed by atoms with Crippen LogP contribution in [0.3, 0.4) is 0 Å². The molecule has 2 N–H and O–H groups in total. The van der Waals surface area contributed by atoms with E-state index in [0.29, 0.717) is 6.04 Å². The third-order valence-corrected chi connectivity index (χ3v) is 6.35. The zero-order chi connectivity index (χ0) is 14.9. The van der Waals surface area contributed by atoms with Crippen LogP contribution in [0, 0.1) is 0 Å². The van der Waals surface area contributed by atoms with Gasteiger partial charge < -0.3 is 10.6 Å². The predicted octanol–water partition coefficient (Wildman–Crippen LogP) is 1.36. The molecule has 21 heavy (non-hydrogen) atoms. The number of nitrogens with two attached hydrogens (primary N) is 1. The lowest BCUT2D eigenvalue weighted by Gasteiger charge is -2.54. The molecular weight excluding hydrogens is 260 g/mol. The summed E-state index contributed by atoms with van der Waals surface area (Å²) in [6.45, 7) is 13.0. The minimum atomic E-state index is 0.287. The smallest absolute Gasteiger partial charge is 0.0357 e. The van der Waals surface area contributed by atoms with E-state index in [0.717, 1.165) is 12.6 Å². The van der Waals surface area contributed by atoms with Crippen molar-refractivity contribution in [3.05, 3.63) is 0 Å².